The first-order valence-corrected chi connectivity index (χ1v) is 4.14. The van der Waals surface area contributed by atoms with Gasteiger partial charge in [-0.25, -0.2) is 0 Å². The lowest BCUT2D eigenvalue weighted by Gasteiger charge is -1.83. The summed E-state index contributed by atoms with van der Waals surface area (Å²) in [6, 6.07) is 0. The molecule has 2 N–H and O–H groups in total. The van der Waals surface area contributed by atoms with Crippen molar-refractivity contribution in [3.05, 3.63) is 22.7 Å². The van der Waals surface area contributed by atoms with Crippen molar-refractivity contribution >= 4 is 28.4 Å². The van der Waals surface area contributed by atoms with Crippen molar-refractivity contribution in [3.8, 4) is 0 Å². The maximum atomic E-state index is 6.88. The van der Waals surface area contributed by atoms with E-state index in [1.54, 1.807) is 19.3 Å². The van der Waals surface area contributed by atoms with Crippen molar-refractivity contribution < 1.29 is 0 Å². The highest BCUT2D eigenvalue weighted by molar-refractivity contribution is 14.1. The molecular formula is C6H9IN4. The molecule has 0 aromatic carbocycles. The van der Waals surface area contributed by atoms with Gasteiger partial charge in [0.05, 0.1) is 6.20 Å². The lowest BCUT2D eigenvalue weighted by Crippen LogP contribution is -1.88. The van der Waals surface area contributed by atoms with E-state index in [1.165, 1.54) is 6.20 Å². The molecule has 0 unspecified atom stereocenters. The Morgan fingerprint density at radius 3 is 2.82 bits per heavy atom. The van der Waals surface area contributed by atoms with Crippen LogP contribution < -0.4 is 5.32 Å². The zero-order chi connectivity index (χ0) is 8.53. The number of hydrogen-bond donors (Lipinski definition) is 2. The van der Waals surface area contributed by atoms with Crippen LogP contribution in [0.15, 0.2) is 32.9 Å². The molecule has 0 bridgehead atoms. The summed E-state index contributed by atoms with van der Waals surface area (Å²) in [5, 5.41) is 16.7. The Hall–Kier alpha value is -0.720. The third-order valence-electron chi connectivity index (χ3n) is 0.604. The van der Waals surface area contributed by atoms with E-state index in [2.05, 4.69) is 38.1 Å². The predicted molar refractivity (Wildman–Crippen MR) is 53.7 cm³/mol. The minimum atomic E-state index is 0.194. The van der Waals surface area contributed by atoms with Gasteiger partial charge in [0.1, 0.15) is 5.84 Å². The van der Waals surface area contributed by atoms with Crippen molar-refractivity contribution in [1.82, 2.24) is 5.32 Å². The van der Waals surface area contributed by atoms with Gasteiger partial charge in [-0.05, 0) is 11.0 Å². The summed E-state index contributed by atoms with van der Waals surface area (Å²) in [6.07, 6.45) is 4.86. The van der Waals surface area contributed by atoms with E-state index >= 15 is 0 Å². The minimum absolute atomic E-state index is 0.194. The molecular weight excluding hydrogens is 255 g/mol. The summed E-state index contributed by atoms with van der Waals surface area (Å²) >= 11 is 2.09. The van der Waals surface area contributed by atoms with E-state index in [-0.39, 0.29) is 5.84 Å². The lowest BCUT2D eigenvalue weighted by atomic mass is 10.7. The normalized spacial score (nSPS) is 11.8. The maximum absolute atomic E-state index is 6.88. The molecule has 0 spiro atoms. The smallest absolute Gasteiger partial charge is 0.140 e. The molecule has 60 valence electrons. The van der Waals surface area contributed by atoms with E-state index in [0.29, 0.717) is 0 Å². The molecule has 0 heterocycles. The van der Waals surface area contributed by atoms with Crippen LogP contribution in [0.4, 0.5) is 0 Å². The number of hydrogen-bond acceptors (Lipinski definition) is 3. The maximum Gasteiger partial charge on any atom is 0.140 e. The Bertz CT molecular complexity index is 195. The average molecular weight is 264 g/mol. The molecule has 0 amide bonds. The van der Waals surface area contributed by atoms with Crippen LogP contribution in [-0.2, 0) is 0 Å². The summed E-state index contributed by atoms with van der Waals surface area (Å²) in [4.78, 5) is 0. The minimum Gasteiger partial charge on any atom is -0.366 e. The third kappa shape index (κ3) is 9.28. The first kappa shape index (κ1) is 10.3. The second kappa shape index (κ2) is 7.39. The second-order valence-corrected chi connectivity index (χ2v) is 2.30. The van der Waals surface area contributed by atoms with Crippen molar-refractivity contribution in [1.29, 1.82) is 5.41 Å². The summed E-state index contributed by atoms with van der Waals surface area (Å²) in [5.74, 6) is 0.194. The molecule has 0 aromatic heterocycles. The lowest BCUT2D eigenvalue weighted by molar-refractivity contribution is 1.15. The van der Waals surface area contributed by atoms with Gasteiger partial charge < -0.3 is 5.32 Å². The SMILES string of the molecule is CC(=N)/N=N\C=C/N/C=C\I. The van der Waals surface area contributed by atoms with E-state index in [1.807, 2.05) is 4.08 Å². The summed E-state index contributed by atoms with van der Waals surface area (Å²) in [5.41, 5.74) is 0. The van der Waals surface area contributed by atoms with Gasteiger partial charge in [0, 0.05) is 12.4 Å². The Morgan fingerprint density at radius 1 is 1.55 bits per heavy atom. The molecule has 0 aliphatic heterocycles. The van der Waals surface area contributed by atoms with Crippen LogP contribution in [0.3, 0.4) is 0 Å². The van der Waals surface area contributed by atoms with Crippen LogP contribution in [-0.4, -0.2) is 5.84 Å². The molecule has 5 heteroatoms. The molecule has 0 saturated carbocycles. The fourth-order valence-corrected chi connectivity index (χ4v) is 0.496. The van der Waals surface area contributed by atoms with Crippen molar-refractivity contribution in [3.63, 3.8) is 0 Å². The molecule has 0 fully saturated rings. The highest BCUT2D eigenvalue weighted by atomic mass is 127. The highest BCUT2D eigenvalue weighted by Gasteiger charge is 1.72. The van der Waals surface area contributed by atoms with Crippen LogP contribution in [0.2, 0.25) is 0 Å². The fraction of sp³-hybridized carbons (Fsp3) is 0.167. The fourth-order valence-electron chi connectivity index (χ4n) is 0.288. The van der Waals surface area contributed by atoms with E-state index in [0.717, 1.165) is 0 Å². The zero-order valence-corrected chi connectivity index (χ0v) is 8.24. The van der Waals surface area contributed by atoms with Crippen molar-refractivity contribution in [2.75, 3.05) is 0 Å². The number of nitrogens with zero attached hydrogens (tertiary/aromatic N) is 2. The van der Waals surface area contributed by atoms with E-state index in [4.69, 9.17) is 5.41 Å². The standard InChI is InChI=1S/C6H9IN4/c1-6(8)11-10-5-4-9-3-2-7/h2-5,8-9H,1H3/b3-2-,5-4-,8-6?,11-10-. The molecule has 0 radical (unpaired) electrons. The van der Waals surface area contributed by atoms with Gasteiger partial charge in [-0.15, -0.1) is 5.11 Å². The van der Waals surface area contributed by atoms with Crippen LogP contribution in [0.25, 0.3) is 0 Å². The number of nitrogens with one attached hydrogen (secondary N) is 2. The number of halogens is 1. The summed E-state index contributed by atoms with van der Waals surface area (Å²) in [7, 11) is 0. The molecule has 0 aliphatic rings. The van der Waals surface area contributed by atoms with Gasteiger partial charge in [0.2, 0.25) is 0 Å². The monoisotopic (exact) mass is 264 g/mol. The molecule has 0 atom stereocenters. The topological polar surface area (TPSA) is 60.6 Å². The van der Waals surface area contributed by atoms with E-state index < -0.39 is 0 Å². The number of amidine groups is 1. The Kier molecular flexibility index (Phi) is 6.90. The summed E-state index contributed by atoms with van der Waals surface area (Å²) in [6.45, 7) is 1.56. The average Bonchev–Trinajstić information content (AvgIpc) is 1.96. The number of rotatable bonds is 3. The third-order valence-corrected chi connectivity index (χ3v) is 0.964. The zero-order valence-electron chi connectivity index (χ0n) is 6.08. The van der Waals surface area contributed by atoms with Gasteiger partial charge in [-0.3, -0.25) is 5.41 Å². The van der Waals surface area contributed by atoms with E-state index in [9.17, 15) is 0 Å². The van der Waals surface area contributed by atoms with Crippen LogP contribution in [0, 0.1) is 5.41 Å². The van der Waals surface area contributed by atoms with Crippen LogP contribution >= 0.6 is 22.6 Å². The highest BCUT2D eigenvalue weighted by Crippen LogP contribution is 1.81. The molecule has 0 aliphatic carbocycles. The van der Waals surface area contributed by atoms with Gasteiger partial charge in [-0.1, -0.05) is 22.6 Å². The molecule has 11 heavy (non-hydrogen) atoms. The van der Waals surface area contributed by atoms with Crippen molar-refractivity contribution in [2.24, 2.45) is 10.2 Å². The Balaban J connectivity index is 3.52. The largest absolute Gasteiger partial charge is 0.366 e. The van der Waals surface area contributed by atoms with Gasteiger partial charge >= 0.3 is 0 Å². The Morgan fingerprint density at radius 2 is 2.27 bits per heavy atom. The molecule has 0 aromatic rings. The van der Waals surface area contributed by atoms with Crippen LogP contribution in [0.1, 0.15) is 6.92 Å². The molecule has 0 rings (SSSR count). The van der Waals surface area contributed by atoms with Gasteiger partial charge in [0.15, 0.2) is 0 Å². The number of azo groups is 1. The Labute approximate surface area is 79.1 Å². The first-order chi connectivity index (χ1) is 5.27. The predicted octanol–water partition coefficient (Wildman–Crippen LogP) is 2.40. The quantitative estimate of drug-likeness (QED) is 0.349. The van der Waals surface area contributed by atoms with Gasteiger partial charge in [0.25, 0.3) is 0 Å². The van der Waals surface area contributed by atoms with Crippen molar-refractivity contribution in [2.45, 2.75) is 6.92 Å². The first-order valence-electron chi connectivity index (χ1n) is 2.89. The second-order valence-electron chi connectivity index (χ2n) is 1.58. The molecule has 4 nitrogen and oxygen atoms in total. The van der Waals surface area contributed by atoms with Crippen LogP contribution in [0.5, 0.6) is 0 Å². The summed E-state index contributed by atoms with van der Waals surface area (Å²) < 4.78 is 1.83. The van der Waals surface area contributed by atoms with Gasteiger partial charge in [-0.2, -0.15) is 5.11 Å². The molecule has 0 saturated heterocycles.